The van der Waals surface area contributed by atoms with E-state index in [4.69, 9.17) is 17.4 Å². The SMILES string of the molecule is CCNC(=S)NN(C)O. The maximum atomic E-state index is 8.54. The van der Waals surface area contributed by atoms with Crippen molar-refractivity contribution in [3.8, 4) is 0 Å². The Kier molecular flexibility index (Phi) is 4.29. The maximum Gasteiger partial charge on any atom is 0.182 e. The van der Waals surface area contributed by atoms with Gasteiger partial charge in [-0.05, 0) is 19.1 Å². The zero-order valence-corrected chi connectivity index (χ0v) is 6.33. The number of hydrogen-bond acceptors (Lipinski definition) is 3. The average Bonchev–Trinajstić information content (AvgIpc) is 1.63. The first kappa shape index (κ1) is 8.61. The summed E-state index contributed by atoms with van der Waals surface area (Å²) < 4.78 is 0. The summed E-state index contributed by atoms with van der Waals surface area (Å²) in [5.41, 5.74) is 2.45. The Bertz CT molecular complexity index is 95.8. The van der Waals surface area contributed by atoms with Gasteiger partial charge in [-0.2, -0.15) is 0 Å². The number of hydroxylamine groups is 1. The molecule has 3 N–H and O–H groups in total. The van der Waals surface area contributed by atoms with Crippen molar-refractivity contribution in [2.75, 3.05) is 13.6 Å². The van der Waals surface area contributed by atoms with E-state index in [1.165, 1.54) is 7.05 Å². The minimum Gasteiger partial charge on any atom is -0.362 e. The normalized spacial score (nSPS) is 9.33. The van der Waals surface area contributed by atoms with Crippen molar-refractivity contribution >= 4 is 17.3 Å². The third kappa shape index (κ3) is 5.48. The molecule has 54 valence electrons. The van der Waals surface area contributed by atoms with Crippen LogP contribution in [0.4, 0.5) is 0 Å². The van der Waals surface area contributed by atoms with Gasteiger partial charge in [-0.3, -0.25) is 10.6 Å². The molecular formula is C4H11N3OS. The Morgan fingerprint density at radius 3 is 2.67 bits per heavy atom. The second kappa shape index (κ2) is 4.49. The van der Waals surface area contributed by atoms with E-state index < -0.39 is 0 Å². The lowest BCUT2D eigenvalue weighted by molar-refractivity contribution is -0.0919. The van der Waals surface area contributed by atoms with Gasteiger partial charge >= 0.3 is 0 Å². The zero-order chi connectivity index (χ0) is 7.28. The first-order chi connectivity index (χ1) is 4.16. The van der Waals surface area contributed by atoms with Crippen LogP contribution in [-0.2, 0) is 0 Å². The molecular weight excluding hydrogens is 138 g/mol. The van der Waals surface area contributed by atoms with E-state index >= 15 is 0 Å². The summed E-state index contributed by atoms with van der Waals surface area (Å²) in [7, 11) is 1.45. The number of hydrogen-bond donors (Lipinski definition) is 3. The van der Waals surface area contributed by atoms with Gasteiger partial charge in [0.15, 0.2) is 5.11 Å². The van der Waals surface area contributed by atoms with Crippen molar-refractivity contribution in [1.82, 2.24) is 15.9 Å². The van der Waals surface area contributed by atoms with Crippen molar-refractivity contribution < 1.29 is 5.21 Å². The molecule has 0 radical (unpaired) electrons. The summed E-state index contributed by atoms with van der Waals surface area (Å²) in [6.07, 6.45) is 0. The largest absolute Gasteiger partial charge is 0.362 e. The van der Waals surface area contributed by atoms with Crippen LogP contribution in [0.25, 0.3) is 0 Å². The van der Waals surface area contributed by atoms with Crippen LogP contribution in [-0.4, -0.2) is 29.1 Å². The number of nitrogens with zero attached hydrogens (tertiary/aromatic N) is 1. The molecule has 0 aliphatic rings. The Morgan fingerprint density at radius 2 is 2.33 bits per heavy atom. The summed E-state index contributed by atoms with van der Waals surface area (Å²) in [6.45, 7) is 2.67. The molecule has 0 spiro atoms. The predicted molar refractivity (Wildman–Crippen MR) is 39.0 cm³/mol. The predicted octanol–water partition coefficient (Wildman–Crippen LogP) is -0.294. The van der Waals surface area contributed by atoms with Crippen LogP contribution in [0.5, 0.6) is 0 Å². The van der Waals surface area contributed by atoms with Gasteiger partial charge in [-0.15, -0.1) is 5.17 Å². The summed E-state index contributed by atoms with van der Waals surface area (Å²) in [4.78, 5) is 0. The molecule has 0 aromatic rings. The molecule has 0 amide bonds. The Balaban J connectivity index is 3.27. The van der Waals surface area contributed by atoms with E-state index in [1.807, 2.05) is 6.92 Å². The van der Waals surface area contributed by atoms with Crippen molar-refractivity contribution in [3.63, 3.8) is 0 Å². The van der Waals surface area contributed by atoms with Crippen LogP contribution < -0.4 is 10.7 Å². The lowest BCUT2D eigenvalue weighted by Gasteiger charge is -2.12. The van der Waals surface area contributed by atoms with E-state index in [-0.39, 0.29) is 0 Å². The molecule has 0 aromatic heterocycles. The Hall–Kier alpha value is -0.390. The molecule has 0 saturated heterocycles. The highest BCUT2D eigenvalue weighted by Crippen LogP contribution is 1.66. The van der Waals surface area contributed by atoms with E-state index in [2.05, 4.69) is 10.7 Å². The standard InChI is InChI=1S/C4H11N3OS/c1-3-5-4(9)6-7(2)8/h8H,3H2,1-2H3,(H2,5,6,9). The van der Waals surface area contributed by atoms with Gasteiger partial charge in [0.2, 0.25) is 0 Å². The fourth-order valence-corrected chi connectivity index (χ4v) is 0.623. The molecule has 0 fully saturated rings. The molecule has 0 aliphatic carbocycles. The van der Waals surface area contributed by atoms with Crippen LogP contribution in [0.1, 0.15) is 6.92 Å². The Labute approximate surface area is 59.8 Å². The monoisotopic (exact) mass is 149 g/mol. The molecule has 0 atom stereocenters. The second-order valence-electron chi connectivity index (χ2n) is 1.49. The highest BCUT2D eigenvalue weighted by atomic mass is 32.1. The highest BCUT2D eigenvalue weighted by Gasteiger charge is 1.91. The molecule has 0 aromatic carbocycles. The third-order valence-corrected chi connectivity index (χ3v) is 0.836. The first-order valence-corrected chi connectivity index (χ1v) is 3.04. The maximum absolute atomic E-state index is 8.54. The molecule has 0 heterocycles. The van der Waals surface area contributed by atoms with Crippen molar-refractivity contribution in [2.45, 2.75) is 6.92 Å². The van der Waals surface area contributed by atoms with Gasteiger partial charge in [0.1, 0.15) is 0 Å². The van der Waals surface area contributed by atoms with Gasteiger partial charge in [0.05, 0.1) is 0 Å². The van der Waals surface area contributed by atoms with Gasteiger partial charge in [-0.25, -0.2) is 0 Å². The zero-order valence-electron chi connectivity index (χ0n) is 5.51. The average molecular weight is 149 g/mol. The molecule has 0 bridgehead atoms. The van der Waals surface area contributed by atoms with Crippen LogP contribution in [0.3, 0.4) is 0 Å². The van der Waals surface area contributed by atoms with Gasteiger partial charge in [0.25, 0.3) is 0 Å². The lowest BCUT2D eigenvalue weighted by Crippen LogP contribution is -2.43. The van der Waals surface area contributed by atoms with E-state index in [9.17, 15) is 0 Å². The Morgan fingerprint density at radius 1 is 1.78 bits per heavy atom. The topological polar surface area (TPSA) is 47.5 Å². The molecule has 9 heavy (non-hydrogen) atoms. The van der Waals surface area contributed by atoms with Crippen LogP contribution in [0.15, 0.2) is 0 Å². The highest BCUT2D eigenvalue weighted by molar-refractivity contribution is 7.80. The molecule has 0 unspecified atom stereocenters. The van der Waals surface area contributed by atoms with Gasteiger partial charge in [-0.1, -0.05) is 0 Å². The quantitative estimate of drug-likeness (QED) is 0.372. The van der Waals surface area contributed by atoms with E-state index in [0.717, 1.165) is 11.7 Å². The number of rotatable bonds is 2. The summed E-state index contributed by atoms with van der Waals surface area (Å²) >= 11 is 4.71. The van der Waals surface area contributed by atoms with Crippen molar-refractivity contribution in [1.29, 1.82) is 0 Å². The number of nitrogens with one attached hydrogen (secondary N) is 2. The fourth-order valence-electron chi connectivity index (χ4n) is 0.347. The van der Waals surface area contributed by atoms with E-state index in [1.54, 1.807) is 0 Å². The molecule has 5 heteroatoms. The molecule has 0 saturated carbocycles. The first-order valence-electron chi connectivity index (χ1n) is 2.64. The lowest BCUT2D eigenvalue weighted by atomic mass is 10.7. The smallest absolute Gasteiger partial charge is 0.182 e. The van der Waals surface area contributed by atoms with Crippen LogP contribution >= 0.6 is 12.2 Å². The fraction of sp³-hybridized carbons (Fsp3) is 0.750. The van der Waals surface area contributed by atoms with Crippen LogP contribution in [0, 0.1) is 0 Å². The van der Waals surface area contributed by atoms with Gasteiger partial charge in [0, 0.05) is 13.6 Å². The van der Waals surface area contributed by atoms with Crippen LogP contribution in [0.2, 0.25) is 0 Å². The molecule has 0 rings (SSSR count). The minimum absolute atomic E-state index is 0.419. The van der Waals surface area contributed by atoms with Gasteiger partial charge < -0.3 is 5.32 Å². The summed E-state index contributed by atoms with van der Waals surface area (Å²) in [6, 6.07) is 0. The second-order valence-corrected chi connectivity index (χ2v) is 1.90. The minimum atomic E-state index is 0.419. The molecule has 0 aliphatic heterocycles. The van der Waals surface area contributed by atoms with Crippen molar-refractivity contribution in [2.24, 2.45) is 0 Å². The summed E-state index contributed by atoms with van der Waals surface area (Å²) in [5.74, 6) is 0. The third-order valence-electron chi connectivity index (χ3n) is 0.601. The summed E-state index contributed by atoms with van der Waals surface area (Å²) in [5, 5.41) is 12.6. The molecule has 4 nitrogen and oxygen atoms in total. The van der Waals surface area contributed by atoms with Crippen molar-refractivity contribution in [3.05, 3.63) is 0 Å². The number of hydrazine groups is 1. The number of thiocarbonyl (C=S) groups is 1. The van der Waals surface area contributed by atoms with E-state index in [0.29, 0.717) is 5.11 Å².